The van der Waals surface area contributed by atoms with Gasteiger partial charge in [-0.15, -0.1) is 10.2 Å². The molecule has 0 saturated carbocycles. The summed E-state index contributed by atoms with van der Waals surface area (Å²) in [6.45, 7) is 3.57. The minimum Gasteiger partial charge on any atom is -0.339 e. The summed E-state index contributed by atoms with van der Waals surface area (Å²) in [6, 6.07) is 22.5. The number of aromatic nitrogens is 3. The first-order valence-electron chi connectivity index (χ1n) is 14.2. The van der Waals surface area contributed by atoms with E-state index < -0.39 is 0 Å². The lowest BCUT2D eigenvalue weighted by atomic mass is 10.1. The molecular formula is C32H32Cl3N5O2S. The lowest BCUT2D eigenvalue weighted by molar-refractivity contribution is -0.133. The molecule has 224 valence electrons. The van der Waals surface area contributed by atoms with Crippen molar-refractivity contribution in [3.05, 3.63) is 105 Å². The average Bonchev–Trinajstić information content (AvgIpc) is 3.40. The summed E-state index contributed by atoms with van der Waals surface area (Å²) in [5, 5.41) is 11.3. The van der Waals surface area contributed by atoms with Crippen LogP contribution in [0.1, 0.15) is 47.9 Å². The van der Waals surface area contributed by atoms with Crippen LogP contribution in [0.3, 0.4) is 0 Å². The monoisotopic (exact) mass is 655 g/mol. The minimum atomic E-state index is -0.0609. The van der Waals surface area contributed by atoms with Gasteiger partial charge < -0.3 is 9.80 Å². The molecule has 1 aliphatic rings. The number of carbonyl (C=O) groups is 2. The molecular weight excluding hydrogens is 625 g/mol. The van der Waals surface area contributed by atoms with Crippen molar-refractivity contribution in [2.75, 3.05) is 25.4 Å². The fraction of sp³-hybridized carbons (Fsp3) is 0.312. The Balaban J connectivity index is 1.13. The third kappa shape index (κ3) is 7.92. The van der Waals surface area contributed by atoms with E-state index in [4.69, 9.17) is 34.8 Å². The fourth-order valence-electron chi connectivity index (χ4n) is 5.11. The Morgan fingerprint density at radius 3 is 2.40 bits per heavy atom. The normalized spacial score (nSPS) is 15.1. The van der Waals surface area contributed by atoms with Gasteiger partial charge in [0, 0.05) is 54.9 Å². The van der Waals surface area contributed by atoms with Gasteiger partial charge in [0.05, 0.1) is 15.7 Å². The Hall–Kier alpha value is -3.04. The molecule has 2 amide bonds. The first kappa shape index (κ1) is 31.4. The number of carbonyl (C=O) groups excluding carboxylic acids is 2. The Labute approximate surface area is 271 Å². The molecule has 4 aromatic rings. The maximum absolute atomic E-state index is 13.0. The molecule has 1 unspecified atom stereocenters. The number of piperazine rings is 1. The van der Waals surface area contributed by atoms with E-state index in [9.17, 15) is 9.59 Å². The van der Waals surface area contributed by atoms with Crippen LogP contribution in [-0.4, -0.2) is 67.8 Å². The number of rotatable bonds is 10. The second-order valence-corrected chi connectivity index (χ2v) is 12.8. The molecule has 7 nitrogen and oxygen atoms in total. The molecule has 1 fully saturated rings. The van der Waals surface area contributed by atoms with Crippen molar-refractivity contribution in [3.63, 3.8) is 0 Å². The van der Waals surface area contributed by atoms with Crippen molar-refractivity contribution in [1.82, 2.24) is 24.6 Å². The van der Waals surface area contributed by atoms with Gasteiger partial charge >= 0.3 is 0 Å². The topological polar surface area (TPSA) is 71.3 Å². The van der Waals surface area contributed by atoms with Crippen LogP contribution in [0.2, 0.25) is 15.1 Å². The summed E-state index contributed by atoms with van der Waals surface area (Å²) in [5.74, 6) is 1.69. The second-order valence-electron chi connectivity index (χ2n) is 10.5. The number of thioether (sulfide) groups is 1. The second kappa shape index (κ2) is 14.6. The van der Waals surface area contributed by atoms with Crippen molar-refractivity contribution < 1.29 is 9.59 Å². The zero-order chi connectivity index (χ0) is 30.3. The van der Waals surface area contributed by atoms with Crippen molar-refractivity contribution >= 4 is 58.4 Å². The van der Waals surface area contributed by atoms with Crippen molar-refractivity contribution in [1.29, 1.82) is 0 Å². The van der Waals surface area contributed by atoms with Crippen LogP contribution in [0.5, 0.6) is 0 Å². The molecule has 5 rings (SSSR count). The highest BCUT2D eigenvalue weighted by atomic mass is 35.5. The summed E-state index contributed by atoms with van der Waals surface area (Å²) in [6.07, 6.45) is 2.71. The van der Waals surface area contributed by atoms with Gasteiger partial charge in [-0.3, -0.25) is 14.2 Å². The lowest BCUT2D eigenvalue weighted by Crippen LogP contribution is -2.55. The van der Waals surface area contributed by atoms with Gasteiger partial charge in [-0.05, 0) is 67.8 Å². The Kier molecular flexibility index (Phi) is 10.7. The standard InChI is InChI=1S/C32H32Cl3N5O2S/c1-22-21-38(16-17-39(22)31(42)24-10-12-25(33)13-11-24)30(41)9-5-6-18-43-32-37-36-29(19-23-7-3-2-4-8-23)40(32)26-14-15-27(34)28(35)20-26/h2-4,7-8,10-15,20,22H,5-6,9,16-19,21H2,1H3. The molecule has 1 saturated heterocycles. The molecule has 1 aliphatic heterocycles. The van der Waals surface area contributed by atoms with Crippen LogP contribution < -0.4 is 0 Å². The van der Waals surface area contributed by atoms with E-state index in [2.05, 4.69) is 22.3 Å². The molecule has 2 heterocycles. The molecule has 0 N–H and O–H groups in total. The number of benzene rings is 3. The minimum absolute atomic E-state index is 0.0334. The van der Waals surface area contributed by atoms with E-state index in [0.717, 1.165) is 40.8 Å². The molecule has 0 bridgehead atoms. The number of hydrogen-bond donors (Lipinski definition) is 0. The van der Waals surface area contributed by atoms with E-state index in [-0.39, 0.29) is 17.9 Å². The van der Waals surface area contributed by atoms with Crippen molar-refractivity contribution in [2.45, 2.75) is 43.8 Å². The number of halogens is 3. The third-order valence-corrected chi connectivity index (χ3v) is 9.42. The van der Waals surface area contributed by atoms with Crippen LogP contribution in [0.25, 0.3) is 5.69 Å². The molecule has 43 heavy (non-hydrogen) atoms. The molecule has 11 heteroatoms. The first-order valence-corrected chi connectivity index (χ1v) is 16.3. The zero-order valence-corrected chi connectivity index (χ0v) is 26.8. The number of nitrogens with zero attached hydrogens (tertiary/aromatic N) is 5. The van der Waals surface area contributed by atoms with E-state index in [0.29, 0.717) is 53.1 Å². The Morgan fingerprint density at radius 2 is 1.67 bits per heavy atom. The fourth-order valence-corrected chi connectivity index (χ4v) is 6.50. The van der Waals surface area contributed by atoms with E-state index >= 15 is 0 Å². The largest absolute Gasteiger partial charge is 0.339 e. The van der Waals surface area contributed by atoms with Crippen LogP contribution >= 0.6 is 46.6 Å². The molecule has 1 aromatic heterocycles. The maximum Gasteiger partial charge on any atom is 0.254 e. The maximum atomic E-state index is 13.0. The van der Waals surface area contributed by atoms with Gasteiger partial charge in [0.15, 0.2) is 5.16 Å². The molecule has 1 atom stereocenters. The summed E-state index contributed by atoms with van der Waals surface area (Å²) in [4.78, 5) is 29.6. The quantitative estimate of drug-likeness (QED) is 0.131. The summed E-state index contributed by atoms with van der Waals surface area (Å²) >= 11 is 20.1. The summed E-state index contributed by atoms with van der Waals surface area (Å²) in [7, 11) is 0. The number of amides is 2. The molecule has 3 aromatic carbocycles. The van der Waals surface area contributed by atoms with Gasteiger partial charge in [-0.1, -0.05) is 76.9 Å². The number of unbranched alkanes of at least 4 members (excludes halogenated alkanes) is 1. The smallest absolute Gasteiger partial charge is 0.254 e. The van der Waals surface area contributed by atoms with Gasteiger partial charge in [0.25, 0.3) is 5.91 Å². The van der Waals surface area contributed by atoms with Crippen molar-refractivity contribution in [3.8, 4) is 5.69 Å². The van der Waals surface area contributed by atoms with Crippen LogP contribution in [-0.2, 0) is 11.2 Å². The van der Waals surface area contributed by atoms with Crippen LogP contribution in [0, 0.1) is 0 Å². The predicted octanol–water partition coefficient (Wildman–Crippen LogP) is 7.45. The van der Waals surface area contributed by atoms with E-state index in [1.54, 1.807) is 42.1 Å². The number of hydrogen-bond acceptors (Lipinski definition) is 5. The first-order chi connectivity index (χ1) is 20.8. The highest BCUT2D eigenvalue weighted by Crippen LogP contribution is 2.29. The SMILES string of the molecule is CC1CN(C(=O)CCCCSc2nnc(Cc3ccccc3)n2-c2ccc(Cl)c(Cl)c2)CCN1C(=O)c1ccc(Cl)cc1. The highest BCUT2D eigenvalue weighted by molar-refractivity contribution is 7.99. The summed E-state index contributed by atoms with van der Waals surface area (Å²) < 4.78 is 2.03. The Bertz CT molecular complexity index is 1570. The molecule has 0 aliphatic carbocycles. The Morgan fingerprint density at radius 1 is 0.907 bits per heavy atom. The van der Waals surface area contributed by atoms with Gasteiger partial charge in [0.1, 0.15) is 5.82 Å². The van der Waals surface area contributed by atoms with Crippen molar-refractivity contribution in [2.24, 2.45) is 0 Å². The summed E-state index contributed by atoms with van der Waals surface area (Å²) in [5.41, 5.74) is 2.59. The third-order valence-electron chi connectivity index (χ3n) is 7.42. The molecule has 0 radical (unpaired) electrons. The highest BCUT2D eigenvalue weighted by Gasteiger charge is 2.30. The average molecular weight is 657 g/mol. The van der Waals surface area contributed by atoms with E-state index in [1.807, 2.05) is 51.6 Å². The predicted molar refractivity (Wildman–Crippen MR) is 174 cm³/mol. The molecule has 0 spiro atoms. The lowest BCUT2D eigenvalue weighted by Gasteiger charge is -2.40. The van der Waals surface area contributed by atoms with Crippen LogP contribution in [0.4, 0.5) is 0 Å². The zero-order valence-electron chi connectivity index (χ0n) is 23.8. The van der Waals surface area contributed by atoms with Crippen LogP contribution in [0.15, 0.2) is 78.0 Å². The van der Waals surface area contributed by atoms with E-state index in [1.165, 1.54) is 0 Å². The van der Waals surface area contributed by atoms with Gasteiger partial charge in [0.2, 0.25) is 5.91 Å². The van der Waals surface area contributed by atoms with Gasteiger partial charge in [-0.25, -0.2) is 0 Å². The van der Waals surface area contributed by atoms with Gasteiger partial charge in [-0.2, -0.15) is 0 Å².